The fourth-order valence-electron chi connectivity index (χ4n) is 2.28. The predicted molar refractivity (Wildman–Crippen MR) is 82.2 cm³/mol. The molecule has 1 N–H and O–H groups in total. The maximum absolute atomic E-state index is 11.8. The average Bonchev–Trinajstić information content (AvgIpc) is 2.55. The highest BCUT2D eigenvalue weighted by atomic mass is 16.2. The monoisotopic (exact) mass is 277 g/mol. The molecular weight excluding hydrogens is 262 g/mol. The molecule has 4 nitrogen and oxygen atoms in total. The molecule has 0 fully saturated rings. The molecule has 0 bridgehead atoms. The highest BCUT2D eigenvalue weighted by Gasteiger charge is 2.12. The van der Waals surface area contributed by atoms with Crippen molar-refractivity contribution in [3.05, 3.63) is 71.7 Å². The minimum Gasteiger partial charge on any atom is -0.352 e. The van der Waals surface area contributed by atoms with Crippen molar-refractivity contribution in [3.63, 3.8) is 0 Å². The lowest BCUT2D eigenvalue weighted by Crippen LogP contribution is -2.21. The van der Waals surface area contributed by atoms with Gasteiger partial charge >= 0.3 is 0 Å². The summed E-state index contributed by atoms with van der Waals surface area (Å²) in [5.41, 5.74) is 2.81. The Morgan fingerprint density at radius 2 is 1.71 bits per heavy atom. The fraction of sp³-hybridized carbons (Fsp3) is 0.118. The molecule has 0 aliphatic rings. The summed E-state index contributed by atoms with van der Waals surface area (Å²) in [5, 5.41) is 3.55. The molecule has 0 saturated heterocycles. The third-order valence-corrected chi connectivity index (χ3v) is 3.33. The second-order valence-corrected chi connectivity index (χ2v) is 4.75. The van der Waals surface area contributed by atoms with Gasteiger partial charge in [-0.1, -0.05) is 48.5 Å². The van der Waals surface area contributed by atoms with E-state index in [0.29, 0.717) is 6.42 Å². The first-order valence-electron chi connectivity index (χ1n) is 6.79. The summed E-state index contributed by atoms with van der Waals surface area (Å²) in [7, 11) is 1.58. The highest BCUT2D eigenvalue weighted by molar-refractivity contribution is 5.93. The van der Waals surface area contributed by atoms with Crippen LogP contribution in [0, 0.1) is 0 Å². The van der Waals surface area contributed by atoms with E-state index < -0.39 is 0 Å². The van der Waals surface area contributed by atoms with Gasteiger partial charge < -0.3 is 5.32 Å². The average molecular weight is 277 g/mol. The molecule has 1 heterocycles. The largest absolute Gasteiger partial charge is 0.352 e. The van der Waals surface area contributed by atoms with Gasteiger partial charge in [-0.3, -0.25) is 4.79 Å². The molecule has 1 amide bonds. The fourth-order valence-corrected chi connectivity index (χ4v) is 2.28. The predicted octanol–water partition coefficient (Wildman–Crippen LogP) is 2.58. The van der Waals surface area contributed by atoms with Crippen LogP contribution in [0.2, 0.25) is 0 Å². The lowest BCUT2D eigenvalue weighted by Gasteiger charge is -2.08. The van der Waals surface area contributed by atoms with E-state index in [9.17, 15) is 4.79 Å². The maximum Gasteiger partial charge on any atom is 0.288 e. The van der Waals surface area contributed by atoms with Gasteiger partial charge in [-0.2, -0.15) is 0 Å². The number of hydrogen-bond donors (Lipinski definition) is 1. The summed E-state index contributed by atoms with van der Waals surface area (Å²) in [6.07, 6.45) is 0.674. The van der Waals surface area contributed by atoms with Crippen molar-refractivity contribution in [1.29, 1.82) is 0 Å². The van der Waals surface area contributed by atoms with E-state index in [1.807, 2.05) is 42.5 Å². The molecule has 0 aliphatic carbocycles. The topological polar surface area (TPSA) is 54.9 Å². The minimum absolute atomic E-state index is 0.210. The lowest BCUT2D eigenvalue weighted by atomic mass is 10.1. The first-order chi connectivity index (χ1) is 10.3. The number of para-hydroxylation sites is 1. The van der Waals surface area contributed by atoms with E-state index in [-0.39, 0.29) is 11.7 Å². The van der Waals surface area contributed by atoms with Gasteiger partial charge in [0.2, 0.25) is 5.82 Å². The molecular formula is C17H15N3O. The number of carbonyl (C=O) groups excluding carboxylic acids is 1. The normalized spacial score (nSPS) is 10.5. The second-order valence-electron chi connectivity index (χ2n) is 4.75. The summed E-state index contributed by atoms with van der Waals surface area (Å²) in [6.45, 7) is 0. The van der Waals surface area contributed by atoms with Crippen LogP contribution in [-0.2, 0) is 6.42 Å². The number of nitrogens with one attached hydrogen (secondary N) is 1. The van der Waals surface area contributed by atoms with Crippen LogP contribution in [0.25, 0.3) is 10.9 Å². The Balaban J connectivity index is 2.12. The molecule has 2 aromatic carbocycles. The van der Waals surface area contributed by atoms with Crippen molar-refractivity contribution < 1.29 is 4.79 Å². The van der Waals surface area contributed by atoms with E-state index in [1.54, 1.807) is 7.05 Å². The number of amides is 1. The lowest BCUT2D eigenvalue weighted by molar-refractivity contribution is 0.0953. The van der Waals surface area contributed by atoms with Crippen LogP contribution in [0.1, 0.15) is 21.9 Å². The number of aromatic nitrogens is 2. The van der Waals surface area contributed by atoms with E-state index in [0.717, 1.165) is 22.2 Å². The quantitative estimate of drug-likeness (QED) is 0.800. The number of hydrogen-bond acceptors (Lipinski definition) is 3. The Kier molecular flexibility index (Phi) is 3.60. The van der Waals surface area contributed by atoms with Crippen LogP contribution in [0.3, 0.4) is 0 Å². The molecule has 1 aromatic heterocycles. The minimum atomic E-state index is -0.268. The molecule has 3 aromatic rings. The molecule has 3 rings (SSSR count). The summed E-state index contributed by atoms with van der Waals surface area (Å²) < 4.78 is 0. The zero-order valence-electron chi connectivity index (χ0n) is 11.7. The third-order valence-electron chi connectivity index (χ3n) is 3.33. The highest BCUT2D eigenvalue weighted by Crippen LogP contribution is 2.18. The van der Waals surface area contributed by atoms with Gasteiger partial charge in [0.1, 0.15) is 0 Å². The van der Waals surface area contributed by atoms with Gasteiger partial charge in [0.25, 0.3) is 5.91 Å². The molecule has 21 heavy (non-hydrogen) atoms. The van der Waals surface area contributed by atoms with Crippen LogP contribution in [0.4, 0.5) is 0 Å². The Labute approximate surface area is 122 Å². The standard InChI is InChI=1S/C17H15N3O/c1-18-17(21)16-19-14-10-6-5-9-13(14)15(20-16)11-12-7-3-2-4-8-12/h2-10H,11H2,1H3,(H,18,21). The second kappa shape index (κ2) is 5.71. The van der Waals surface area contributed by atoms with E-state index in [4.69, 9.17) is 0 Å². The van der Waals surface area contributed by atoms with Crippen LogP contribution < -0.4 is 5.32 Å². The van der Waals surface area contributed by atoms with Crippen LogP contribution in [0.5, 0.6) is 0 Å². The van der Waals surface area contributed by atoms with Crippen molar-refractivity contribution in [1.82, 2.24) is 15.3 Å². The van der Waals surface area contributed by atoms with Gasteiger partial charge in [-0.15, -0.1) is 0 Å². The molecule has 104 valence electrons. The molecule has 0 atom stereocenters. The van der Waals surface area contributed by atoms with Crippen molar-refractivity contribution >= 4 is 16.8 Å². The first kappa shape index (κ1) is 13.2. The summed E-state index contributed by atoms with van der Waals surface area (Å²) in [4.78, 5) is 20.6. The van der Waals surface area contributed by atoms with E-state index in [2.05, 4.69) is 27.4 Å². The van der Waals surface area contributed by atoms with E-state index in [1.165, 1.54) is 0 Å². The Morgan fingerprint density at radius 3 is 2.48 bits per heavy atom. The molecule has 0 radical (unpaired) electrons. The molecule has 0 spiro atoms. The number of nitrogens with zero attached hydrogens (tertiary/aromatic N) is 2. The van der Waals surface area contributed by atoms with Crippen LogP contribution >= 0.6 is 0 Å². The van der Waals surface area contributed by atoms with Crippen LogP contribution in [-0.4, -0.2) is 22.9 Å². The summed E-state index contributed by atoms with van der Waals surface area (Å²) in [6, 6.07) is 17.8. The first-order valence-corrected chi connectivity index (χ1v) is 6.79. The molecule has 0 unspecified atom stereocenters. The summed E-state index contributed by atoms with van der Waals surface area (Å²) >= 11 is 0. The third kappa shape index (κ3) is 2.74. The number of rotatable bonds is 3. The number of fused-ring (bicyclic) bond motifs is 1. The SMILES string of the molecule is CNC(=O)c1nc(Cc2ccccc2)c2ccccc2n1. The van der Waals surface area contributed by atoms with Crippen molar-refractivity contribution in [2.45, 2.75) is 6.42 Å². The zero-order valence-corrected chi connectivity index (χ0v) is 11.7. The number of carbonyl (C=O) groups is 1. The Morgan fingerprint density at radius 1 is 1.00 bits per heavy atom. The summed E-state index contributed by atoms with van der Waals surface area (Å²) in [5.74, 6) is -0.0582. The van der Waals surface area contributed by atoms with Crippen molar-refractivity contribution in [2.75, 3.05) is 7.05 Å². The molecule has 4 heteroatoms. The Bertz CT molecular complexity index is 784. The number of benzene rings is 2. The van der Waals surface area contributed by atoms with Gasteiger partial charge in [-0.05, 0) is 11.6 Å². The van der Waals surface area contributed by atoms with E-state index >= 15 is 0 Å². The van der Waals surface area contributed by atoms with Gasteiger partial charge in [0, 0.05) is 18.9 Å². The van der Waals surface area contributed by atoms with Crippen molar-refractivity contribution in [3.8, 4) is 0 Å². The van der Waals surface area contributed by atoms with Crippen LogP contribution in [0.15, 0.2) is 54.6 Å². The van der Waals surface area contributed by atoms with Crippen molar-refractivity contribution in [2.24, 2.45) is 0 Å². The Hall–Kier alpha value is -2.75. The smallest absolute Gasteiger partial charge is 0.288 e. The zero-order chi connectivity index (χ0) is 14.7. The van der Waals surface area contributed by atoms with Gasteiger partial charge in [-0.25, -0.2) is 9.97 Å². The maximum atomic E-state index is 11.8. The van der Waals surface area contributed by atoms with Gasteiger partial charge in [0.05, 0.1) is 11.2 Å². The van der Waals surface area contributed by atoms with Gasteiger partial charge in [0.15, 0.2) is 0 Å². The molecule has 0 saturated carbocycles. The molecule has 0 aliphatic heterocycles.